The van der Waals surface area contributed by atoms with E-state index in [0.717, 1.165) is 5.01 Å². The van der Waals surface area contributed by atoms with Gasteiger partial charge in [0.1, 0.15) is 17.9 Å². The van der Waals surface area contributed by atoms with E-state index in [4.69, 9.17) is 0 Å². The molecule has 19 heavy (non-hydrogen) atoms. The van der Waals surface area contributed by atoms with Crippen LogP contribution in [0.3, 0.4) is 0 Å². The predicted molar refractivity (Wildman–Crippen MR) is 73.5 cm³/mol. The van der Waals surface area contributed by atoms with Gasteiger partial charge in [0.05, 0.1) is 16.5 Å². The molecule has 2 aromatic rings. The highest BCUT2D eigenvalue weighted by Gasteiger charge is 2.18. The molecule has 2 rings (SSSR count). The van der Waals surface area contributed by atoms with Crippen LogP contribution in [0.2, 0.25) is 0 Å². The summed E-state index contributed by atoms with van der Waals surface area (Å²) in [5, 5.41) is 10.2. The van der Waals surface area contributed by atoms with Crippen LogP contribution in [0.1, 0.15) is 36.3 Å². The second-order valence-electron chi connectivity index (χ2n) is 4.72. The first-order valence-corrected chi connectivity index (χ1v) is 8.55. The largest absolute Gasteiger partial charge is 0.320 e. The lowest BCUT2D eigenvalue weighted by Crippen LogP contribution is -2.11. The lowest BCUT2D eigenvalue weighted by atomic mass is 10.2. The van der Waals surface area contributed by atoms with Gasteiger partial charge >= 0.3 is 0 Å². The van der Waals surface area contributed by atoms with Crippen molar-refractivity contribution in [1.29, 1.82) is 0 Å². The van der Waals surface area contributed by atoms with Gasteiger partial charge in [0.15, 0.2) is 9.84 Å². The van der Waals surface area contributed by atoms with Gasteiger partial charge < -0.3 is 4.57 Å². The van der Waals surface area contributed by atoms with Gasteiger partial charge in [-0.25, -0.2) is 13.4 Å². The minimum atomic E-state index is -3.27. The van der Waals surface area contributed by atoms with Gasteiger partial charge in [0.2, 0.25) is 0 Å². The van der Waals surface area contributed by atoms with Crippen molar-refractivity contribution in [2.45, 2.75) is 31.3 Å². The van der Waals surface area contributed by atoms with Gasteiger partial charge in [-0.1, -0.05) is 13.8 Å². The molecule has 8 heteroatoms. The van der Waals surface area contributed by atoms with Crippen LogP contribution < -0.4 is 0 Å². The van der Waals surface area contributed by atoms with Crippen molar-refractivity contribution >= 4 is 21.2 Å². The summed E-state index contributed by atoms with van der Waals surface area (Å²) in [7, 11) is -1.54. The summed E-state index contributed by atoms with van der Waals surface area (Å²) >= 11 is 1.50. The molecule has 0 fully saturated rings. The molecule has 104 valence electrons. The molecule has 0 saturated carbocycles. The van der Waals surface area contributed by atoms with E-state index in [9.17, 15) is 8.42 Å². The predicted octanol–water partition coefficient (Wildman–Crippen LogP) is 1.51. The van der Waals surface area contributed by atoms with Crippen molar-refractivity contribution < 1.29 is 8.42 Å². The molecule has 0 saturated heterocycles. The maximum atomic E-state index is 12.1. The third-order valence-corrected chi connectivity index (χ3v) is 5.21. The number of thiazole rings is 1. The van der Waals surface area contributed by atoms with E-state index < -0.39 is 9.84 Å². The monoisotopic (exact) mass is 300 g/mol. The Balaban J connectivity index is 2.10. The van der Waals surface area contributed by atoms with Crippen molar-refractivity contribution in [1.82, 2.24) is 19.7 Å². The van der Waals surface area contributed by atoms with Crippen LogP contribution in [-0.2, 0) is 28.4 Å². The Bertz CT molecular complexity index is 658. The highest BCUT2D eigenvalue weighted by molar-refractivity contribution is 7.89. The van der Waals surface area contributed by atoms with Crippen molar-refractivity contribution in [3.05, 3.63) is 28.2 Å². The molecule has 0 atom stereocenters. The SMILES string of the molecule is CC(C)c1nc(CS(=O)(=O)Cc2nncn2C)cs1. The molecule has 0 amide bonds. The number of hydrogen-bond acceptors (Lipinski definition) is 6. The van der Waals surface area contributed by atoms with Crippen LogP contribution in [0.15, 0.2) is 11.7 Å². The number of aryl methyl sites for hydroxylation is 1. The van der Waals surface area contributed by atoms with Crippen molar-refractivity contribution in [2.75, 3.05) is 0 Å². The van der Waals surface area contributed by atoms with Crippen LogP contribution in [-0.4, -0.2) is 28.2 Å². The lowest BCUT2D eigenvalue weighted by Gasteiger charge is -2.02. The van der Waals surface area contributed by atoms with E-state index >= 15 is 0 Å². The van der Waals surface area contributed by atoms with Crippen molar-refractivity contribution in [3.8, 4) is 0 Å². The second kappa shape index (κ2) is 5.38. The molecule has 0 bridgehead atoms. The Morgan fingerprint density at radius 2 is 2.11 bits per heavy atom. The Morgan fingerprint density at radius 3 is 2.63 bits per heavy atom. The summed E-state index contributed by atoms with van der Waals surface area (Å²) in [6.07, 6.45) is 1.49. The van der Waals surface area contributed by atoms with Crippen LogP contribution in [0, 0.1) is 0 Å². The molecular formula is C11H16N4O2S2. The van der Waals surface area contributed by atoms with E-state index in [-0.39, 0.29) is 11.5 Å². The molecular weight excluding hydrogens is 284 g/mol. The quantitative estimate of drug-likeness (QED) is 0.836. The summed E-state index contributed by atoms with van der Waals surface area (Å²) < 4.78 is 25.8. The van der Waals surface area contributed by atoms with E-state index in [0.29, 0.717) is 17.4 Å². The summed E-state index contributed by atoms with van der Waals surface area (Å²) in [4.78, 5) is 4.34. The van der Waals surface area contributed by atoms with Gasteiger partial charge in [-0.2, -0.15) is 0 Å². The molecule has 0 N–H and O–H groups in total. The number of nitrogens with zero attached hydrogens (tertiary/aromatic N) is 4. The summed E-state index contributed by atoms with van der Waals surface area (Å²) in [6, 6.07) is 0. The minimum absolute atomic E-state index is 0.0525. The lowest BCUT2D eigenvalue weighted by molar-refractivity contribution is 0.591. The molecule has 0 unspecified atom stereocenters. The first kappa shape index (κ1) is 14.1. The molecule has 0 radical (unpaired) electrons. The van der Waals surface area contributed by atoms with Gasteiger partial charge in [-0.05, 0) is 0 Å². The second-order valence-corrected chi connectivity index (χ2v) is 7.68. The standard InChI is InChI=1S/C11H16N4O2S2/c1-8(2)11-13-9(4-18-11)5-19(16,17)6-10-14-12-7-15(10)3/h4,7-8H,5-6H2,1-3H3. The fraction of sp³-hybridized carbons (Fsp3) is 0.545. The number of rotatable bonds is 5. The Morgan fingerprint density at radius 1 is 1.37 bits per heavy atom. The highest BCUT2D eigenvalue weighted by atomic mass is 32.2. The number of hydrogen-bond donors (Lipinski definition) is 0. The number of aromatic nitrogens is 4. The third kappa shape index (κ3) is 3.60. The summed E-state index contributed by atoms with van der Waals surface area (Å²) in [6.45, 7) is 4.08. The maximum Gasteiger partial charge on any atom is 0.163 e. The zero-order valence-corrected chi connectivity index (χ0v) is 12.7. The first-order valence-electron chi connectivity index (χ1n) is 5.85. The minimum Gasteiger partial charge on any atom is -0.320 e. The Hall–Kier alpha value is -1.28. The summed E-state index contributed by atoms with van der Waals surface area (Å²) in [5.74, 6) is 0.598. The zero-order valence-electron chi connectivity index (χ0n) is 11.1. The average Bonchev–Trinajstić information content (AvgIpc) is 2.88. The van der Waals surface area contributed by atoms with E-state index in [2.05, 4.69) is 15.2 Å². The molecule has 6 nitrogen and oxygen atoms in total. The Kier molecular flexibility index (Phi) is 4.00. The van der Waals surface area contributed by atoms with Crippen molar-refractivity contribution in [2.24, 2.45) is 7.05 Å². The molecule has 2 aromatic heterocycles. The normalized spacial score (nSPS) is 12.2. The molecule has 0 aliphatic heterocycles. The molecule has 0 spiro atoms. The van der Waals surface area contributed by atoms with Crippen LogP contribution in [0.5, 0.6) is 0 Å². The molecule has 2 heterocycles. The van der Waals surface area contributed by atoms with Gasteiger partial charge in [-0.15, -0.1) is 21.5 Å². The van der Waals surface area contributed by atoms with Gasteiger partial charge in [-0.3, -0.25) is 0 Å². The highest BCUT2D eigenvalue weighted by Crippen LogP contribution is 2.21. The van der Waals surface area contributed by atoms with Crippen LogP contribution in [0.4, 0.5) is 0 Å². The maximum absolute atomic E-state index is 12.1. The van der Waals surface area contributed by atoms with Crippen LogP contribution in [0.25, 0.3) is 0 Å². The third-order valence-electron chi connectivity index (χ3n) is 2.59. The average molecular weight is 300 g/mol. The first-order chi connectivity index (χ1) is 8.87. The van der Waals surface area contributed by atoms with Crippen LogP contribution >= 0.6 is 11.3 Å². The fourth-order valence-corrected chi connectivity index (χ4v) is 3.86. The van der Waals surface area contributed by atoms with E-state index in [1.807, 2.05) is 19.2 Å². The number of sulfone groups is 1. The fourth-order valence-electron chi connectivity index (χ4n) is 1.56. The van der Waals surface area contributed by atoms with Crippen molar-refractivity contribution in [3.63, 3.8) is 0 Å². The Labute approximate surface area is 116 Å². The van der Waals surface area contributed by atoms with Gasteiger partial charge in [0.25, 0.3) is 0 Å². The smallest absolute Gasteiger partial charge is 0.163 e. The topological polar surface area (TPSA) is 77.7 Å². The van der Waals surface area contributed by atoms with Gasteiger partial charge in [0, 0.05) is 18.3 Å². The van der Waals surface area contributed by atoms with E-state index in [1.54, 1.807) is 11.6 Å². The zero-order chi connectivity index (χ0) is 14.0. The summed E-state index contributed by atoms with van der Waals surface area (Å²) in [5.41, 5.74) is 0.607. The van der Waals surface area contributed by atoms with E-state index in [1.165, 1.54) is 17.7 Å². The molecule has 0 aromatic carbocycles. The molecule has 0 aliphatic carbocycles. The molecule has 0 aliphatic rings.